The quantitative estimate of drug-likeness (QED) is 0.175. The summed E-state index contributed by atoms with van der Waals surface area (Å²) >= 11 is 0. The molecule has 0 aliphatic heterocycles. The van der Waals surface area contributed by atoms with Gasteiger partial charge in [-0.05, 0) is 86.5 Å². The molecule has 8 heteroatoms. The summed E-state index contributed by atoms with van der Waals surface area (Å²) in [6, 6.07) is 22.5. The summed E-state index contributed by atoms with van der Waals surface area (Å²) in [5, 5.41) is 12.7. The molecular formula is C38H30N6O2. The minimum atomic E-state index is 0.356. The van der Waals surface area contributed by atoms with Gasteiger partial charge in [-0.3, -0.25) is 9.97 Å². The van der Waals surface area contributed by atoms with E-state index < -0.39 is 0 Å². The van der Waals surface area contributed by atoms with Crippen molar-refractivity contribution in [3.8, 4) is 28.7 Å². The van der Waals surface area contributed by atoms with Gasteiger partial charge in [0.05, 0.1) is 11.0 Å². The average Bonchev–Trinajstić information content (AvgIpc) is 3.80. The van der Waals surface area contributed by atoms with Crippen LogP contribution in [-0.2, 0) is 0 Å². The van der Waals surface area contributed by atoms with Crippen molar-refractivity contribution in [3.63, 3.8) is 0 Å². The molecule has 0 saturated carbocycles. The molecular weight excluding hydrogens is 572 g/mol. The number of likely N-dealkylation sites (N-methyl/N-ethyl adjacent to an activating group) is 1. The smallest absolute Gasteiger partial charge is 0.266 e. The van der Waals surface area contributed by atoms with Gasteiger partial charge < -0.3 is 18.3 Å². The normalized spacial score (nSPS) is 11.9. The zero-order valence-electron chi connectivity index (χ0n) is 25.9. The molecule has 0 unspecified atom stereocenters. The molecule has 8 nitrogen and oxygen atoms in total. The van der Waals surface area contributed by atoms with Gasteiger partial charge in [-0.15, -0.1) is 10.2 Å². The summed E-state index contributed by atoms with van der Waals surface area (Å²) in [7, 11) is 2.03. The highest BCUT2D eigenvalue weighted by atomic mass is 16.4. The molecule has 0 radical (unpaired) electrons. The fourth-order valence-electron chi connectivity index (χ4n) is 6.25. The lowest BCUT2D eigenvalue weighted by Crippen LogP contribution is -2.14. The van der Waals surface area contributed by atoms with Crippen LogP contribution in [0.2, 0.25) is 0 Å². The molecule has 46 heavy (non-hydrogen) atoms. The highest BCUT2D eigenvalue weighted by molar-refractivity contribution is 6.11. The lowest BCUT2D eigenvalue weighted by atomic mass is 10.1. The van der Waals surface area contributed by atoms with Crippen LogP contribution in [0.25, 0.3) is 72.5 Å². The largest absolute Gasteiger partial charge is 0.456 e. The molecule has 0 fully saturated rings. The average molecular weight is 603 g/mol. The molecule has 3 aromatic carbocycles. The number of pyridine rings is 2. The van der Waals surface area contributed by atoms with Gasteiger partial charge >= 0.3 is 0 Å². The Labute approximate surface area is 264 Å². The lowest BCUT2D eigenvalue weighted by Gasteiger charge is -2.20. The lowest BCUT2D eigenvalue weighted by molar-refractivity contribution is 0.582. The summed E-state index contributed by atoms with van der Waals surface area (Å²) in [6.45, 7) is 10.4. The van der Waals surface area contributed by atoms with Crippen molar-refractivity contribution in [1.82, 2.24) is 24.7 Å². The van der Waals surface area contributed by atoms with Gasteiger partial charge in [0, 0.05) is 69.8 Å². The first-order chi connectivity index (χ1) is 22.4. The first kappa shape index (κ1) is 27.5. The zero-order valence-corrected chi connectivity index (χ0v) is 25.9. The van der Waals surface area contributed by atoms with Crippen molar-refractivity contribution < 1.29 is 8.83 Å². The van der Waals surface area contributed by atoms with Crippen LogP contribution in [0.3, 0.4) is 0 Å². The number of rotatable bonds is 6. The molecule has 0 amide bonds. The molecule has 0 aliphatic carbocycles. The monoisotopic (exact) mass is 602 g/mol. The van der Waals surface area contributed by atoms with Crippen molar-refractivity contribution in [2.45, 2.75) is 20.8 Å². The van der Waals surface area contributed by atoms with E-state index in [1.54, 1.807) is 0 Å². The molecule has 0 N–H and O–H groups in total. The van der Waals surface area contributed by atoms with Crippen LogP contribution in [0.15, 0.2) is 119 Å². The molecule has 0 bridgehead atoms. The molecule has 5 heterocycles. The molecule has 8 aromatic rings. The third-order valence-corrected chi connectivity index (χ3v) is 8.57. The fraction of sp³-hybridized carbons (Fsp3) is 0.105. The minimum absolute atomic E-state index is 0.356. The second-order valence-electron chi connectivity index (χ2n) is 11.5. The first-order valence-corrected chi connectivity index (χ1v) is 15.1. The number of hydrogen-bond donors (Lipinski definition) is 0. The molecule has 224 valence electrons. The Bertz CT molecular complexity index is 2500. The Hall–Kier alpha value is -6.02. The van der Waals surface area contributed by atoms with Crippen LogP contribution in [0.4, 0.5) is 5.69 Å². The number of fused-ring (bicyclic) bond motifs is 6. The van der Waals surface area contributed by atoms with Gasteiger partial charge in [-0.1, -0.05) is 30.9 Å². The van der Waals surface area contributed by atoms with Crippen LogP contribution in [0, 0.1) is 13.8 Å². The second kappa shape index (κ2) is 10.6. The SMILES string of the molecule is C=C(/C=C\C)N(C)c1cc(C)c2oc3c(C)cc(-n4c5ccncc5c5cnc(-c6nnc(-c7ccccc7)o6)cc54)cc3c2c1. The van der Waals surface area contributed by atoms with Gasteiger partial charge in [-0.25, -0.2) is 0 Å². The number of allylic oxidation sites excluding steroid dienone is 2. The maximum Gasteiger partial charge on any atom is 0.266 e. The van der Waals surface area contributed by atoms with E-state index in [2.05, 4.69) is 69.3 Å². The van der Waals surface area contributed by atoms with Gasteiger partial charge in [0.25, 0.3) is 5.89 Å². The van der Waals surface area contributed by atoms with Crippen LogP contribution < -0.4 is 4.90 Å². The standard InChI is InChI=1S/C38H30N6O2/c1-6-10-24(4)43(5)26-15-22(2)35-28(17-26)29-18-27(16-23(3)36(29)45-35)44-33-13-14-39-20-30(33)31-21-40-32(19-34(31)44)38-42-41-37(46-38)25-11-8-7-9-12-25/h6-21H,4H2,1-3,5H3/b10-6-. The summed E-state index contributed by atoms with van der Waals surface area (Å²) in [6.07, 6.45) is 9.57. The van der Waals surface area contributed by atoms with E-state index in [1.807, 2.05) is 87.2 Å². The van der Waals surface area contributed by atoms with E-state index in [-0.39, 0.29) is 0 Å². The van der Waals surface area contributed by atoms with E-state index in [0.717, 1.165) is 77.5 Å². The van der Waals surface area contributed by atoms with E-state index in [4.69, 9.17) is 13.8 Å². The third kappa shape index (κ3) is 4.29. The maximum absolute atomic E-state index is 6.51. The highest BCUT2D eigenvalue weighted by Gasteiger charge is 2.20. The fourth-order valence-corrected chi connectivity index (χ4v) is 6.25. The Morgan fingerprint density at radius 3 is 2.35 bits per heavy atom. The molecule has 0 saturated heterocycles. The molecule has 8 rings (SSSR count). The molecule has 0 spiro atoms. The highest BCUT2D eigenvalue weighted by Crippen LogP contribution is 2.40. The predicted octanol–water partition coefficient (Wildman–Crippen LogP) is 9.33. The number of hydrogen-bond acceptors (Lipinski definition) is 7. The van der Waals surface area contributed by atoms with Gasteiger partial charge in [0.2, 0.25) is 5.89 Å². The van der Waals surface area contributed by atoms with Crippen LogP contribution >= 0.6 is 0 Å². The van der Waals surface area contributed by atoms with Crippen LogP contribution in [0.5, 0.6) is 0 Å². The van der Waals surface area contributed by atoms with Crippen molar-refractivity contribution in [2.24, 2.45) is 0 Å². The molecule has 0 atom stereocenters. The topological polar surface area (TPSA) is 86.0 Å². The summed E-state index contributed by atoms with van der Waals surface area (Å²) in [4.78, 5) is 11.3. The van der Waals surface area contributed by atoms with E-state index in [1.165, 1.54) is 0 Å². The van der Waals surface area contributed by atoms with Crippen molar-refractivity contribution in [2.75, 3.05) is 11.9 Å². The van der Waals surface area contributed by atoms with Crippen molar-refractivity contribution in [3.05, 3.63) is 121 Å². The van der Waals surface area contributed by atoms with Gasteiger partial charge in [0.1, 0.15) is 16.9 Å². The van der Waals surface area contributed by atoms with E-state index >= 15 is 0 Å². The second-order valence-corrected chi connectivity index (χ2v) is 11.5. The number of anilines is 1. The number of benzene rings is 3. The van der Waals surface area contributed by atoms with Crippen LogP contribution in [0.1, 0.15) is 18.1 Å². The van der Waals surface area contributed by atoms with Crippen molar-refractivity contribution in [1.29, 1.82) is 0 Å². The van der Waals surface area contributed by atoms with Crippen molar-refractivity contribution >= 4 is 49.4 Å². The Balaban J connectivity index is 1.34. The van der Waals surface area contributed by atoms with Gasteiger partial charge in [-0.2, -0.15) is 0 Å². The third-order valence-electron chi connectivity index (χ3n) is 8.57. The van der Waals surface area contributed by atoms with Crippen LogP contribution in [-0.4, -0.2) is 31.8 Å². The summed E-state index contributed by atoms with van der Waals surface area (Å²) in [5.74, 6) is 0.805. The summed E-state index contributed by atoms with van der Waals surface area (Å²) < 4.78 is 14.8. The summed E-state index contributed by atoms with van der Waals surface area (Å²) in [5.41, 5.74) is 10.2. The molecule has 5 aromatic heterocycles. The number of nitrogens with zero attached hydrogens (tertiary/aromatic N) is 6. The minimum Gasteiger partial charge on any atom is -0.456 e. The van der Waals surface area contributed by atoms with E-state index in [9.17, 15) is 0 Å². The first-order valence-electron chi connectivity index (χ1n) is 15.1. The maximum atomic E-state index is 6.51. The Kier molecular flexibility index (Phi) is 6.32. The van der Waals surface area contributed by atoms with Gasteiger partial charge in [0.15, 0.2) is 0 Å². The number of aryl methyl sites for hydroxylation is 2. The predicted molar refractivity (Wildman–Crippen MR) is 184 cm³/mol. The number of aromatic nitrogens is 5. The zero-order chi connectivity index (χ0) is 31.5. The molecule has 0 aliphatic rings. The van der Waals surface area contributed by atoms with E-state index in [0.29, 0.717) is 17.5 Å². The Morgan fingerprint density at radius 1 is 0.804 bits per heavy atom. The Morgan fingerprint density at radius 2 is 1.54 bits per heavy atom. The number of furan rings is 1.